The minimum Gasteiger partial charge on any atom is -0.492 e. The molecule has 7 rings (SSSR count). The molecule has 1 fully saturated rings. The summed E-state index contributed by atoms with van der Waals surface area (Å²) in [7, 11) is 0. The van der Waals surface area contributed by atoms with Crippen LogP contribution in [-0.4, -0.2) is 74.4 Å². The average molecular weight is 525 g/mol. The summed E-state index contributed by atoms with van der Waals surface area (Å²) >= 11 is 0. The van der Waals surface area contributed by atoms with Gasteiger partial charge in [0.05, 0.1) is 17.4 Å². The normalized spacial score (nSPS) is 16.3. The number of hydrogen-bond acceptors (Lipinski definition) is 7. The lowest BCUT2D eigenvalue weighted by atomic mass is 10.0. The average Bonchev–Trinajstić information content (AvgIpc) is 3.72. The molecule has 4 aromatic heterocycles. The highest BCUT2D eigenvalue weighted by atomic mass is 19.1. The van der Waals surface area contributed by atoms with Gasteiger partial charge in [-0.2, -0.15) is 5.10 Å². The lowest BCUT2D eigenvalue weighted by Crippen LogP contribution is -2.25. The van der Waals surface area contributed by atoms with Crippen LogP contribution in [-0.2, 0) is 0 Å². The molecule has 5 aromatic rings. The Hall–Kier alpha value is -4.15. The third-order valence-corrected chi connectivity index (χ3v) is 7.51. The lowest BCUT2D eigenvalue weighted by molar-refractivity contribution is 0.237. The molecule has 1 saturated heterocycles. The molecule has 0 atom stereocenters. The fraction of sp³-hybridized carbons (Fsp3) is 0.310. The van der Waals surface area contributed by atoms with Crippen LogP contribution in [0, 0.1) is 5.82 Å². The molecule has 0 amide bonds. The number of nitrogens with zero attached hydrogens (tertiary/aromatic N) is 5. The van der Waals surface area contributed by atoms with Gasteiger partial charge >= 0.3 is 0 Å². The van der Waals surface area contributed by atoms with Crippen LogP contribution in [0.3, 0.4) is 0 Å². The van der Waals surface area contributed by atoms with Gasteiger partial charge in [-0.25, -0.2) is 14.4 Å². The van der Waals surface area contributed by atoms with Gasteiger partial charge < -0.3 is 15.0 Å². The lowest BCUT2D eigenvalue weighted by Gasteiger charge is -2.15. The SMILES string of the molecule is Fc1cc(OCCN2CCCC2)cc(-c2ccnc3[nH]c(-c4n[nH]c5cnc(C6=CCNCC6)cc45)nc23)c1. The highest BCUT2D eigenvalue weighted by Gasteiger charge is 2.18. The Morgan fingerprint density at radius 2 is 2.00 bits per heavy atom. The molecule has 2 aliphatic rings. The Morgan fingerprint density at radius 3 is 2.87 bits per heavy atom. The molecule has 0 unspecified atom stereocenters. The van der Waals surface area contributed by atoms with Crippen LogP contribution in [0.25, 0.3) is 50.3 Å². The first-order valence-corrected chi connectivity index (χ1v) is 13.5. The van der Waals surface area contributed by atoms with Crippen LogP contribution in [0.2, 0.25) is 0 Å². The molecule has 0 bridgehead atoms. The molecule has 0 aliphatic carbocycles. The number of aromatic amines is 2. The summed E-state index contributed by atoms with van der Waals surface area (Å²) in [6.07, 6.45) is 9.09. The molecule has 6 heterocycles. The number of aromatic nitrogens is 6. The molecule has 0 radical (unpaired) electrons. The van der Waals surface area contributed by atoms with E-state index < -0.39 is 0 Å². The van der Waals surface area contributed by atoms with Crippen LogP contribution < -0.4 is 10.1 Å². The molecule has 3 N–H and O–H groups in total. The number of fused-ring (bicyclic) bond motifs is 2. The van der Waals surface area contributed by atoms with Crippen LogP contribution in [0.4, 0.5) is 4.39 Å². The van der Waals surface area contributed by atoms with E-state index in [-0.39, 0.29) is 5.82 Å². The van der Waals surface area contributed by atoms with Crippen molar-refractivity contribution in [3.05, 3.63) is 60.3 Å². The van der Waals surface area contributed by atoms with Gasteiger partial charge in [0.2, 0.25) is 0 Å². The molecule has 9 nitrogen and oxygen atoms in total. The number of likely N-dealkylation sites (tertiary alicyclic amines) is 1. The van der Waals surface area contributed by atoms with E-state index in [4.69, 9.17) is 9.72 Å². The maximum absolute atomic E-state index is 14.7. The number of H-pyrrole nitrogens is 2. The second-order valence-corrected chi connectivity index (χ2v) is 10.1. The van der Waals surface area contributed by atoms with E-state index in [1.165, 1.54) is 30.5 Å². The smallest absolute Gasteiger partial charge is 0.160 e. The number of hydrogen-bond donors (Lipinski definition) is 3. The van der Waals surface area contributed by atoms with E-state index in [0.29, 0.717) is 40.6 Å². The summed E-state index contributed by atoms with van der Waals surface area (Å²) in [5.41, 5.74) is 6.40. The summed E-state index contributed by atoms with van der Waals surface area (Å²) < 4.78 is 20.6. The highest BCUT2D eigenvalue weighted by Crippen LogP contribution is 2.33. The van der Waals surface area contributed by atoms with Crippen LogP contribution in [0.1, 0.15) is 25.0 Å². The third kappa shape index (κ3) is 4.77. The standard InChI is InChI=1S/C29H29FN8O/c30-20-13-19(14-21(15-20)39-12-11-38-9-1-2-10-38)22-5-8-32-28-26(22)34-29(35-28)27-23-16-24(18-3-6-31-7-4-18)33-17-25(23)36-37-27/h3,5,8,13-17,31H,1-2,4,6-7,9-12H2,(H,36,37)(H,32,34,35). The zero-order chi connectivity index (χ0) is 26.2. The Morgan fingerprint density at radius 1 is 1.08 bits per heavy atom. The summed E-state index contributed by atoms with van der Waals surface area (Å²) in [6.45, 7) is 5.36. The molecule has 39 heavy (non-hydrogen) atoms. The second-order valence-electron chi connectivity index (χ2n) is 10.1. The maximum atomic E-state index is 14.7. The van der Waals surface area contributed by atoms with Gasteiger partial charge in [0, 0.05) is 36.3 Å². The first-order chi connectivity index (χ1) is 19.2. The zero-order valence-corrected chi connectivity index (χ0v) is 21.5. The van der Waals surface area contributed by atoms with Crippen molar-refractivity contribution in [2.45, 2.75) is 19.3 Å². The Kier molecular flexibility index (Phi) is 6.26. The van der Waals surface area contributed by atoms with E-state index in [0.717, 1.165) is 61.3 Å². The minimum absolute atomic E-state index is 0.352. The van der Waals surface area contributed by atoms with Crippen molar-refractivity contribution >= 4 is 27.6 Å². The summed E-state index contributed by atoms with van der Waals surface area (Å²) in [5, 5.41) is 11.9. The maximum Gasteiger partial charge on any atom is 0.160 e. The van der Waals surface area contributed by atoms with Crippen molar-refractivity contribution in [3.8, 4) is 28.4 Å². The van der Waals surface area contributed by atoms with Crippen molar-refractivity contribution in [2.24, 2.45) is 0 Å². The first-order valence-electron chi connectivity index (χ1n) is 13.5. The minimum atomic E-state index is -0.352. The fourth-order valence-corrected chi connectivity index (χ4v) is 5.48. The quantitative estimate of drug-likeness (QED) is 0.287. The molecule has 1 aromatic carbocycles. The van der Waals surface area contributed by atoms with E-state index >= 15 is 0 Å². The topological polar surface area (TPSA) is 108 Å². The predicted octanol–water partition coefficient (Wildman–Crippen LogP) is 4.55. The number of nitrogens with one attached hydrogen (secondary N) is 3. The van der Waals surface area contributed by atoms with E-state index in [1.807, 2.05) is 18.3 Å². The molecule has 10 heteroatoms. The Bertz CT molecular complexity index is 1680. The van der Waals surface area contributed by atoms with Crippen molar-refractivity contribution in [3.63, 3.8) is 0 Å². The largest absolute Gasteiger partial charge is 0.492 e. The van der Waals surface area contributed by atoms with Crippen LogP contribution in [0.5, 0.6) is 5.75 Å². The summed E-state index contributed by atoms with van der Waals surface area (Å²) in [4.78, 5) is 19.7. The van der Waals surface area contributed by atoms with Crippen molar-refractivity contribution in [1.29, 1.82) is 0 Å². The van der Waals surface area contributed by atoms with Crippen molar-refractivity contribution in [2.75, 3.05) is 39.3 Å². The summed E-state index contributed by atoms with van der Waals surface area (Å²) in [5.74, 6) is 0.747. The van der Waals surface area contributed by atoms with Gasteiger partial charge in [-0.15, -0.1) is 0 Å². The van der Waals surface area contributed by atoms with E-state index in [9.17, 15) is 4.39 Å². The number of ether oxygens (including phenoxy) is 1. The van der Waals surface area contributed by atoms with E-state index in [1.54, 1.807) is 6.20 Å². The fourth-order valence-electron chi connectivity index (χ4n) is 5.48. The number of benzene rings is 1. The summed E-state index contributed by atoms with van der Waals surface area (Å²) in [6, 6.07) is 8.71. The molecule has 2 aliphatic heterocycles. The number of imidazole rings is 1. The monoisotopic (exact) mass is 524 g/mol. The Labute approximate surface area is 224 Å². The zero-order valence-electron chi connectivity index (χ0n) is 21.5. The second kappa shape index (κ2) is 10.2. The predicted molar refractivity (Wildman–Crippen MR) is 149 cm³/mol. The molecule has 0 saturated carbocycles. The van der Waals surface area contributed by atoms with Gasteiger partial charge in [0.25, 0.3) is 0 Å². The van der Waals surface area contributed by atoms with Crippen molar-refractivity contribution < 1.29 is 9.13 Å². The van der Waals surface area contributed by atoms with Gasteiger partial charge in [-0.3, -0.25) is 15.0 Å². The first kappa shape index (κ1) is 23.9. The molecule has 198 valence electrons. The van der Waals surface area contributed by atoms with E-state index in [2.05, 4.69) is 47.5 Å². The highest BCUT2D eigenvalue weighted by molar-refractivity contribution is 5.96. The van der Waals surface area contributed by atoms with Gasteiger partial charge in [-0.05, 0) is 74.3 Å². The van der Waals surface area contributed by atoms with Crippen LogP contribution in [0.15, 0.2) is 48.8 Å². The Balaban J connectivity index is 1.22. The van der Waals surface area contributed by atoms with Gasteiger partial charge in [-0.1, -0.05) is 6.08 Å². The molecular formula is C29H29FN8O. The molecular weight excluding hydrogens is 495 g/mol. The number of pyridine rings is 2. The molecule has 0 spiro atoms. The van der Waals surface area contributed by atoms with Crippen molar-refractivity contribution in [1.82, 2.24) is 40.3 Å². The number of halogens is 1. The number of rotatable bonds is 7. The van der Waals surface area contributed by atoms with Gasteiger partial charge in [0.15, 0.2) is 11.5 Å². The van der Waals surface area contributed by atoms with Gasteiger partial charge in [0.1, 0.15) is 29.4 Å². The third-order valence-electron chi connectivity index (χ3n) is 7.51. The van der Waals surface area contributed by atoms with Crippen LogP contribution >= 0.6 is 0 Å².